The minimum absolute atomic E-state index is 0. The lowest BCUT2D eigenvalue weighted by Crippen LogP contribution is -2.45. The molecule has 2 heterocycles. The van der Waals surface area contributed by atoms with Gasteiger partial charge >= 0.3 is 0 Å². The second-order valence-electron chi connectivity index (χ2n) is 7.07. The Balaban J connectivity index is 0.00000208. The molecule has 0 amide bonds. The number of aromatic nitrogens is 3. The topological polar surface area (TPSA) is 46.0 Å². The molecular formula is C17H25ClFN5. The number of hydrogen-bond donors (Lipinski definition) is 1. The lowest BCUT2D eigenvalue weighted by Gasteiger charge is -2.36. The number of nitrogens with zero attached hydrogens (tertiary/aromatic N) is 4. The predicted octanol–water partition coefficient (Wildman–Crippen LogP) is 2.74. The molecule has 1 unspecified atom stereocenters. The van der Waals surface area contributed by atoms with E-state index in [1.807, 2.05) is 16.9 Å². The van der Waals surface area contributed by atoms with Crippen LogP contribution in [0.2, 0.25) is 0 Å². The van der Waals surface area contributed by atoms with Crippen LogP contribution in [0, 0.1) is 5.82 Å². The Morgan fingerprint density at radius 1 is 1.33 bits per heavy atom. The first-order valence-electron chi connectivity index (χ1n) is 8.05. The Labute approximate surface area is 148 Å². The molecular weight excluding hydrogens is 329 g/mol. The van der Waals surface area contributed by atoms with Gasteiger partial charge in [-0.15, -0.1) is 17.5 Å². The van der Waals surface area contributed by atoms with Crippen molar-refractivity contribution in [2.24, 2.45) is 0 Å². The van der Waals surface area contributed by atoms with Crippen molar-refractivity contribution in [1.82, 2.24) is 25.2 Å². The molecule has 2 aromatic rings. The number of rotatable bonds is 3. The molecule has 1 fully saturated rings. The Kier molecular flexibility index (Phi) is 5.96. The van der Waals surface area contributed by atoms with Crippen molar-refractivity contribution >= 4 is 12.4 Å². The summed E-state index contributed by atoms with van der Waals surface area (Å²) in [7, 11) is 0. The maximum Gasteiger partial charge on any atom is 0.123 e. The summed E-state index contributed by atoms with van der Waals surface area (Å²) in [6.45, 7) is 9.68. The van der Waals surface area contributed by atoms with Crippen LogP contribution >= 0.6 is 12.4 Å². The van der Waals surface area contributed by atoms with E-state index in [0.717, 1.165) is 37.4 Å². The molecule has 7 heteroatoms. The third-order valence-electron chi connectivity index (χ3n) is 4.18. The van der Waals surface area contributed by atoms with Crippen molar-refractivity contribution < 1.29 is 4.39 Å². The minimum Gasteiger partial charge on any atom is -0.314 e. The number of nitrogens with one attached hydrogen (secondary N) is 1. The second kappa shape index (κ2) is 7.59. The van der Waals surface area contributed by atoms with Gasteiger partial charge in [0.25, 0.3) is 0 Å². The van der Waals surface area contributed by atoms with E-state index in [1.165, 1.54) is 6.07 Å². The van der Waals surface area contributed by atoms with Crippen LogP contribution in [-0.2, 0) is 12.1 Å². The van der Waals surface area contributed by atoms with Crippen LogP contribution in [0.15, 0.2) is 30.5 Å². The molecule has 5 nitrogen and oxygen atoms in total. The molecule has 0 radical (unpaired) electrons. The molecule has 1 aliphatic rings. The van der Waals surface area contributed by atoms with Gasteiger partial charge in [0.05, 0.1) is 17.4 Å². The van der Waals surface area contributed by atoms with Crippen LogP contribution in [0.5, 0.6) is 0 Å². The summed E-state index contributed by atoms with van der Waals surface area (Å²) >= 11 is 0. The smallest absolute Gasteiger partial charge is 0.123 e. The number of halogens is 2. The quantitative estimate of drug-likeness (QED) is 0.921. The molecule has 1 aliphatic heterocycles. The van der Waals surface area contributed by atoms with E-state index in [1.54, 1.807) is 12.1 Å². The molecule has 1 atom stereocenters. The maximum absolute atomic E-state index is 13.5. The van der Waals surface area contributed by atoms with Gasteiger partial charge in [-0.1, -0.05) is 17.3 Å². The molecule has 3 rings (SSSR count). The summed E-state index contributed by atoms with van der Waals surface area (Å²) < 4.78 is 15.4. The van der Waals surface area contributed by atoms with Gasteiger partial charge in [0, 0.05) is 32.2 Å². The highest BCUT2D eigenvalue weighted by Gasteiger charge is 2.25. The summed E-state index contributed by atoms with van der Waals surface area (Å²) in [5.41, 5.74) is 1.88. The molecule has 24 heavy (non-hydrogen) atoms. The largest absolute Gasteiger partial charge is 0.314 e. The van der Waals surface area contributed by atoms with Crippen LogP contribution < -0.4 is 5.32 Å². The van der Waals surface area contributed by atoms with E-state index >= 15 is 0 Å². The van der Waals surface area contributed by atoms with Gasteiger partial charge in [-0.2, -0.15) is 0 Å². The lowest BCUT2D eigenvalue weighted by atomic mass is 10.0. The van der Waals surface area contributed by atoms with Gasteiger partial charge in [-0.05, 0) is 38.5 Å². The highest BCUT2D eigenvalue weighted by atomic mass is 35.5. The number of hydrogen-bond acceptors (Lipinski definition) is 4. The summed E-state index contributed by atoms with van der Waals surface area (Å²) in [6, 6.07) is 7.02. The van der Waals surface area contributed by atoms with E-state index < -0.39 is 0 Å². The fourth-order valence-corrected chi connectivity index (χ4v) is 2.88. The number of piperazine rings is 1. The normalized spacial score (nSPS) is 19.1. The summed E-state index contributed by atoms with van der Waals surface area (Å²) in [5.74, 6) is -0.188. The van der Waals surface area contributed by atoms with Crippen LogP contribution in [0.4, 0.5) is 4.39 Å². The lowest BCUT2D eigenvalue weighted by molar-refractivity contribution is 0.151. The third kappa shape index (κ3) is 4.32. The standard InChI is InChI=1S/C17H24FN5.ClH/c1-17(2,3)23-12-15(20-21-23)11-22-8-7-19-10-16(22)13-5-4-6-14(18)9-13;/h4-6,9,12,16,19H,7-8,10-11H2,1-3H3;1H. The monoisotopic (exact) mass is 353 g/mol. The van der Waals surface area contributed by atoms with Crippen LogP contribution in [0.1, 0.15) is 38.1 Å². The molecule has 1 aromatic carbocycles. The van der Waals surface area contributed by atoms with Gasteiger partial charge < -0.3 is 5.32 Å². The zero-order chi connectivity index (χ0) is 16.4. The first-order chi connectivity index (χ1) is 10.9. The molecule has 1 N–H and O–H groups in total. The zero-order valence-corrected chi connectivity index (χ0v) is 15.2. The van der Waals surface area contributed by atoms with Gasteiger partial charge in [0.2, 0.25) is 0 Å². The van der Waals surface area contributed by atoms with Crippen molar-refractivity contribution in [2.45, 2.75) is 38.9 Å². The minimum atomic E-state index is -0.188. The van der Waals surface area contributed by atoms with E-state index in [2.05, 4.69) is 41.3 Å². The first kappa shape index (κ1) is 18.8. The second-order valence-corrected chi connectivity index (χ2v) is 7.07. The summed E-state index contributed by atoms with van der Waals surface area (Å²) in [4.78, 5) is 2.34. The fraction of sp³-hybridized carbons (Fsp3) is 0.529. The average Bonchev–Trinajstić information content (AvgIpc) is 2.96. The van der Waals surface area contributed by atoms with E-state index in [4.69, 9.17) is 0 Å². The van der Waals surface area contributed by atoms with E-state index in [0.29, 0.717) is 0 Å². The highest BCUT2D eigenvalue weighted by molar-refractivity contribution is 5.85. The van der Waals surface area contributed by atoms with Crippen LogP contribution in [-0.4, -0.2) is 39.5 Å². The van der Waals surface area contributed by atoms with Crippen molar-refractivity contribution in [1.29, 1.82) is 0 Å². The molecule has 0 saturated carbocycles. The predicted molar refractivity (Wildman–Crippen MR) is 94.7 cm³/mol. The third-order valence-corrected chi connectivity index (χ3v) is 4.18. The van der Waals surface area contributed by atoms with Crippen LogP contribution in [0.3, 0.4) is 0 Å². The highest BCUT2D eigenvalue weighted by Crippen LogP contribution is 2.24. The van der Waals surface area contributed by atoms with E-state index in [9.17, 15) is 4.39 Å². The number of benzene rings is 1. The first-order valence-corrected chi connectivity index (χ1v) is 8.05. The van der Waals surface area contributed by atoms with Crippen molar-refractivity contribution in [3.8, 4) is 0 Å². The fourth-order valence-electron chi connectivity index (χ4n) is 2.88. The van der Waals surface area contributed by atoms with Crippen LogP contribution in [0.25, 0.3) is 0 Å². The summed E-state index contributed by atoms with van der Waals surface area (Å²) in [6.07, 6.45) is 2.00. The molecule has 1 saturated heterocycles. The van der Waals surface area contributed by atoms with Crippen molar-refractivity contribution in [3.05, 3.63) is 47.5 Å². The Bertz CT molecular complexity index is 667. The molecule has 0 bridgehead atoms. The molecule has 0 aliphatic carbocycles. The van der Waals surface area contributed by atoms with Gasteiger partial charge in [0.15, 0.2) is 0 Å². The van der Waals surface area contributed by atoms with Crippen molar-refractivity contribution in [3.63, 3.8) is 0 Å². The van der Waals surface area contributed by atoms with Crippen molar-refractivity contribution in [2.75, 3.05) is 19.6 Å². The molecule has 132 valence electrons. The van der Waals surface area contributed by atoms with Gasteiger partial charge in [-0.25, -0.2) is 9.07 Å². The Hall–Kier alpha value is -1.50. The van der Waals surface area contributed by atoms with Gasteiger partial charge in [-0.3, -0.25) is 4.90 Å². The molecule has 0 spiro atoms. The van der Waals surface area contributed by atoms with Gasteiger partial charge in [0.1, 0.15) is 5.82 Å². The Morgan fingerprint density at radius 3 is 2.79 bits per heavy atom. The Morgan fingerprint density at radius 2 is 2.12 bits per heavy atom. The zero-order valence-electron chi connectivity index (χ0n) is 14.4. The maximum atomic E-state index is 13.5. The average molecular weight is 354 g/mol. The molecule has 1 aromatic heterocycles. The summed E-state index contributed by atoms with van der Waals surface area (Å²) in [5, 5.41) is 11.9. The SMILES string of the molecule is CC(C)(C)n1cc(CN2CCNCC2c2cccc(F)c2)nn1.Cl. The van der Waals surface area contributed by atoms with E-state index in [-0.39, 0.29) is 29.8 Å².